The van der Waals surface area contributed by atoms with Crippen LogP contribution in [-0.4, -0.2) is 0 Å². The van der Waals surface area contributed by atoms with Gasteiger partial charge in [0.2, 0.25) is 0 Å². The first-order valence-corrected chi connectivity index (χ1v) is 7.18. The highest BCUT2D eigenvalue weighted by atomic mass is 14.5. The van der Waals surface area contributed by atoms with E-state index in [4.69, 9.17) is 0 Å². The Kier molecular flexibility index (Phi) is 5.15. The van der Waals surface area contributed by atoms with Crippen molar-refractivity contribution in [3.8, 4) is 0 Å². The average molecular weight is 210 g/mol. The SMILES string of the molecule is CCCC(C)CCCC1CC1(CC)CC. The van der Waals surface area contributed by atoms with Gasteiger partial charge in [0.25, 0.3) is 0 Å². The molecule has 0 N–H and O–H groups in total. The van der Waals surface area contributed by atoms with E-state index in [1.165, 1.54) is 51.4 Å². The highest BCUT2D eigenvalue weighted by Crippen LogP contribution is 2.59. The van der Waals surface area contributed by atoms with Gasteiger partial charge >= 0.3 is 0 Å². The molecule has 0 heteroatoms. The summed E-state index contributed by atoms with van der Waals surface area (Å²) in [7, 11) is 0. The summed E-state index contributed by atoms with van der Waals surface area (Å²) in [5.41, 5.74) is 0.786. The molecule has 0 radical (unpaired) electrons. The molecule has 0 aromatic rings. The van der Waals surface area contributed by atoms with Crippen molar-refractivity contribution in [2.75, 3.05) is 0 Å². The summed E-state index contributed by atoms with van der Waals surface area (Å²) in [5.74, 6) is 2.05. The van der Waals surface area contributed by atoms with Crippen LogP contribution < -0.4 is 0 Å². The minimum atomic E-state index is 0.786. The van der Waals surface area contributed by atoms with Gasteiger partial charge in [0.05, 0.1) is 0 Å². The zero-order valence-corrected chi connectivity index (χ0v) is 11.3. The second kappa shape index (κ2) is 5.92. The molecular formula is C15H30. The van der Waals surface area contributed by atoms with Gasteiger partial charge in [-0.15, -0.1) is 0 Å². The fourth-order valence-electron chi connectivity index (χ4n) is 3.31. The van der Waals surface area contributed by atoms with Crippen LogP contribution in [-0.2, 0) is 0 Å². The molecule has 1 aliphatic rings. The van der Waals surface area contributed by atoms with Gasteiger partial charge in [-0.1, -0.05) is 66.2 Å². The smallest absolute Gasteiger partial charge is 0.0271 e. The predicted molar refractivity (Wildman–Crippen MR) is 69.0 cm³/mol. The summed E-state index contributed by atoms with van der Waals surface area (Å²) >= 11 is 0. The Hall–Kier alpha value is 0. The topological polar surface area (TPSA) is 0 Å². The largest absolute Gasteiger partial charge is 0.0654 e. The van der Waals surface area contributed by atoms with Crippen molar-refractivity contribution in [1.82, 2.24) is 0 Å². The maximum Gasteiger partial charge on any atom is -0.0271 e. The van der Waals surface area contributed by atoms with E-state index >= 15 is 0 Å². The molecule has 90 valence electrons. The van der Waals surface area contributed by atoms with Crippen LogP contribution in [0.4, 0.5) is 0 Å². The molecule has 0 bridgehead atoms. The van der Waals surface area contributed by atoms with Crippen molar-refractivity contribution in [3.63, 3.8) is 0 Å². The fourth-order valence-corrected chi connectivity index (χ4v) is 3.31. The van der Waals surface area contributed by atoms with Crippen molar-refractivity contribution < 1.29 is 0 Å². The van der Waals surface area contributed by atoms with E-state index in [1.54, 1.807) is 0 Å². The van der Waals surface area contributed by atoms with Crippen molar-refractivity contribution in [2.24, 2.45) is 17.3 Å². The van der Waals surface area contributed by atoms with Crippen molar-refractivity contribution in [2.45, 2.75) is 79.1 Å². The number of hydrogen-bond donors (Lipinski definition) is 0. The van der Waals surface area contributed by atoms with E-state index in [0.29, 0.717) is 0 Å². The van der Waals surface area contributed by atoms with Gasteiger partial charge in [-0.3, -0.25) is 0 Å². The molecule has 1 saturated carbocycles. The first-order chi connectivity index (χ1) is 7.18. The van der Waals surface area contributed by atoms with Crippen LogP contribution in [0.5, 0.6) is 0 Å². The van der Waals surface area contributed by atoms with E-state index in [2.05, 4.69) is 27.7 Å². The van der Waals surface area contributed by atoms with E-state index < -0.39 is 0 Å². The molecule has 0 aromatic heterocycles. The lowest BCUT2D eigenvalue weighted by molar-refractivity contribution is 0.386. The molecule has 2 atom stereocenters. The summed E-state index contributed by atoms with van der Waals surface area (Å²) in [5, 5.41) is 0. The molecule has 0 saturated heterocycles. The zero-order chi connectivity index (χ0) is 11.3. The van der Waals surface area contributed by atoms with Crippen molar-refractivity contribution in [3.05, 3.63) is 0 Å². The van der Waals surface area contributed by atoms with Crippen LogP contribution in [0.25, 0.3) is 0 Å². The first-order valence-electron chi connectivity index (χ1n) is 7.18. The van der Waals surface area contributed by atoms with Crippen molar-refractivity contribution in [1.29, 1.82) is 0 Å². The molecule has 0 nitrogen and oxygen atoms in total. The van der Waals surface area contributed by atoms with Gasteiger partial charge in [0.15, 0.2) is 0 Å². The Morgan fingerprint density at radius 3 is 2.27 bits per heavy atom. The Labute approximate surface area is 96.8 Å². The fraction of sp³-hybridized carbons (Fsp3) is 1.00. The molecule has 0 amide bonds. The summed E-state index contributed by atoms with van der Waals surface area (Å²) in [6.07, 6.45) is 11.6. The van der Waals surface area contributed by atoms with Crippen LogP contribution in [0.1, 0.15) is 79.1 Å². The second-order valence-electron chi connectivity index (χ2n) is 5.80. The van der Waals surface area contributed by atoms with Crippen LogP contribution >= 0.6 is 0 Å². The van der Waals surface area contributed by atoms with Gasteiger partial charge in [0, 0.05) is 0 Å². The molecule has 1 aliphatic carbocycles. The zero-order valence-electron chi connectivity index (χ0n) is 11.3. The lowest BCUT2D eigenvalue weighted by Gasteiger charge is -2.13. The molecular weight excluding hydrogens is 180 g/mol. The van der Waals surface area contributed by atoms with Gasteiger partial charge in [0.1, 0.15) is 0 Å². The molecule has 2 unspecified atom stereocenters. The Morgan fingerprint density at radius 1 is 1.13 bits per heavy atom. The molecule has 0 aromatic carbocycles. The van der Waals surface area contributed by atoms with Crippen LogP contribution in [0, 0.1) is 17.3 Å². The summed E-state index contributed by atoms with van der Waals surface area (Å²) in [6, 6.07) is 0. The number of rotatable bonds is 8. The summed E-state index contributed by atoms with van der Waals surface area (Å²) in [4.78, 5) is 0. The van der Waals surface area contributed by atoms with Crippen LogP contribution in [0.2, 0.25) is 0 Å². The van der Waals surface area contributed by atoms with Gasteiger partial charge in [-0.05, 0) is 30.1 Å². The predicted octanol–water partition coefficient (Wildman–Crippen LogP) is 5.42. The quantitative estimate of drug-likeness (QED) is 0.502. The molecule has 1 fully saturated rings. The van der Waals surface area contributed by atoms with E-state index in [9.17, 15) is 0 Å². The van der Waals surface area contributed by atoms with E-state index in [1.807, 2.05) is 0 Å². The molecule has 0 aliphatic heterocycles. The lowest BCUT2D eigenvalue weighted by atomic mass is 9.93. The maximum atomic E-state index is 2.42. The Morgan fingerprint density at radius 2 is 1.80 bits per heavy atom. The Balaban J connectivity index is 2.07. The van der Waals surface area contributed by atoms with Crippen LogP contribution in [0.3, 0.4) is 0 Å². The second-order valence-corrected chi connectivity index (χ2v) is 5.80. The van der Waals surface area contributed by atoms with Gasteiger partial charge < -0.3 is 0 Å². The highest BCUT2D eigenvalue weighted by Gasteiger charge is 2.49. The third-order valence-electron chi connectivity index (χ3n) is 4.80. The molecule has 0 spiro atoms. The van der Waals surface area contributed by atoms with Gasteiger partial charge in [-0.25, -0.2) is 0 Å². The first kappa shape index (κ1) is 13.1. The molecule has 15 heavy (non-hydrogen) atoms. The maximum absolute atomic E-state index is 2.42. The minimum Gasteiger partial charge on any atom is -0.0654 e. The molecule has 1 rings (SSSR count). The monoisotopic (exact) mass is 210 g/mol. The summed E-state index contributed by atoms with van der Waals surface area (Å²) in [6.45, 7) is 9.48. The third-order valence-corrected chi connectivity index (χ3v) is 4.80. The lowest BCUT2D eigenvalue weighted by Crippen LogP contribution is -2.01. The van der Waals surface area contributed by atoms with E-state index in [0.717, 1.165) is 17.3 Å². The van der Waals surface area contributed by atoms with E-state index in [-0.39, 0.29) is 0 Å². The van der Waals surface area contributed by atoms with Crippen LogP contribution in [0.15, 0.2) is 0 Å². The number of hydrogen-bond acceptors (Lipinski definition) is 0. The Bertz CT molecular complexity index is 167. The molecule has 0 heterocycles. The minimum absolute atomic E-state index is 0.786. The van der Waals surface area contributed by atoms with Crippen molar-refractivity contribution >= 4 is 0 Å². The van der Waals surface area contributed by atoms with Gasteiger partial charge in [-0.2, -0.15) is 0 Å². The standard InChI is InChI=1S/C15H30/c1-5-9-13(4)10-8-11-14-12-15(14,6-2)7-3/h13-14H,5-12H2,1-4H3. The average Bonchev–Trinajstić information content (AvgIpc) is 2.93. The third kappa shape index (κ3) is 3.50. The normalized spacial score (nSPS) is 25.2. The highest BCUT2D eigenvalue weighted by molar-refractivity contribution is 4.99. The summed E-state index contributed by atoms with van der Waals surface area (Å²) < 4.78 is 0.